The van der Waals surface area contributed by atoms with Gasteiger partial charge in [-0.25, -0.2) is 14.2 Å². The summed E-state index contributed by atoms with van der Waals surface area (Å²) in [6.45, 7) is 4.50. The van der Waals surface area contributed by atoms with E-state index in [1.807, 2.05) is 4.90 Å². The summed E-state index contributed by atoms with van der Waals surface area (Å²) in [6.07, 6.45) is 3.94. The number of urea groups is 1. The Morgan fingerprint density at radius 3 is 2.59 bits per heavy atom. The highest BCUT2D eigenvalue weighted by atomic mass is 32.1. The van der Waals surface area contributed by atoms with Gasteiger partial charge in [-0.15, -0.1) is 0 Å². The maximum absolute atomic E-state index is 13.2. The molecule has 1 atom stereocenters. The standard InChI is InChI=1S/C23H27FN4O3S/c1-14-19(15(2)29)32-22(25-14)26-21(31)27-23(9-10-23)20(30)28-11-3-4-17(13-28)12-16-5-7-18(24)8-6-16/h5-8,17H,3-4,9-13H2,1-2H3,(H2,25,26,27,31)/t17-/m0/s1. The number of carbonyl (C=O) groups is 3. The molecule has 2 aliphatic rings. The number of halogens is 1. The van der Waals surface area contributed by atoms with Gasteiger partial charge in [0.1, 0.15) is 11.4 Å². The van der Waals surface area contributed by atoms with Crippen LogP contribution < -0.4 is 10.6 Å². The highest BCUT2D eigenvalue weighted by Gasteiger charge is 2.53. The molecule has 32 heavy (non-hydrogen) atoms. The topological polar surface area (TPSA) is 91.4 Å². The molecule has 0 unspecified atom stereocenters. The smallest absolute Gasteiger partial charge is 0.321 e. The largest absolute Gasteiger partial charge is 0.340 e. The number of likely N-dealkylation sites (tertiary alicyclic amines) is 1. The van der Waals surface area contributed by atoms with Crippen molar-refractivity contribution in [3.63, 3.8) is 0 Å². The Balaban J connectivity index is 1.34. The molecular formula is C23H27FN4O3S. The lowest BCUT2D eigenvalue weighted by Gasteiger charge is -2.35. The number of amides is 3. The summed E-state index contributed by atoms with van der Waals surface area (Å²) in [5.41, 5.74) is 0.779. The summed E-state index contributed by atoms with van der Waals surface area (Å²) in [5, 5.41) is 5.84. The van der Waals surface area contributed by atoms with Crippen LogP contribution in [0.2, 0.25) is 0 Å². The number of nitrogens with zero attached hydrogens (tertiary/aromatic N) is 2. The second kappa shape index (κ2) is 8.97. The number of aromatic nitrogens is 1. The summed E-state index contributed by atoms with van der Waals surface area (Å²) in [7, 11) is 0. The summed E-state index contributed by atoms with van der Waals surface area (Å²) in [4.78, 5) is 44.0. The van der Waals surface area contributed by atoms with Crippen molar-refractivity contribution in [2.45, 2.75) is 51.5 Å². The van der Waals surface area contributed by atoms with Crippen LogP contribution in [-0.2, 0) is 11.2 Å². The number of nitrogens with one attached hydrogen (secondary N) is 2. The van der Waals surface area contributed by atoms with E-state index in [4.69, 9.17) is 0 Å². The minimum atomic E-state index is -0.864. The van der Waals surface area contributed by atoms with E-state index in [0.717, 1.165) is 36.2 Å². The molecule has 170 valence electrons. The van der Waals surface area contributed by atoms with Gasteiger partial charge in [-0.05, 0) is 62.6 Å². The first-order valence-electron chi connectivity index (χ1n) is 10.9. The van der Waals surface area contributed by atoms with Crippen LogP contribution in [0.5, 0.6) is 0 Å². The molecule has 0 bridgehead atoms. The van der Waals surface area contributed by atoms with Crippen LogP contribution in [0.4, 0.5) is 14.3 Å². The summed E-state index contributed by atoms with van der Waals surface area (Å²) >= 11 is 1.13. The third-order valence-electron chi connectivity index (χ3n) is 6.09. The van der Waals surface area contributed by atoms with Gasteiger partial charge in [-0.2, -0.15) is 0 Å². The van der Waals surface area contributed by atoms with Gasteiger partial charge in [0.25, 0.3) is 0 Å². The molecule has 1 saturated carbocycles. The maximum atomic E-state index is 13.2. The zero-order valence-corrected chi connectivity index (χ0v) is 19.1. The minimum absolute atomic E-state index is 0.0452. The Morgan fingerprint density at radius 2 is 1.97 bits per heavy atom. The van der Waals surface area contributed by atoms with Gasteiger partial charge in [-0.1, -0.05) is 23.5 Å². The number of anilines is 1. The Labute approximate surface area is 190 Å². The van der Waals surface area contributed by atoms with E-state index < -0.39 is 11.6 Å². The van der Waals surface area contributed by atoms with Crippen molar-refractivity contribution >= 4 is 34.2 Å². The Morgan fingerprint density at radius 1 is 1.25 bits per heavy atom. The van der Waals surface area contributed by atoms with E-state index in [1.165, 1.54) is 19.1 Å². The normalized spacial score (nSPS) is 19.3. The molecule has 3 amide bonds. The van der Waals surface area contributed by atoms with Gasteiger partial charge in [0.05, 0.1) is 10.6 Å². The number of aryl methyl sites for hydroxylation is 1. The van der Waals surface area contributed by atoms with Crippen LogP contribution in [0.1, 0.15) is 53.5 Å². The number of rotatable bonds is 6. The summed E-state index contributed by atoms with van der Waals surface area (Å²) in [6, 6.07) is 6.03. The van der Waals surface area contributed by atoms with Crippen LogP contribution in [0, 0.1) is 18.7 Å². The molecular weight excluding hydrogens is 431 g/mol. The second-order valence-corrected chi connectivity index (χ2v) is 9.74. The molecule has 1 aliphatic carbocycles. The van der Waals surface area contributed by atoms with Crippen molar-refractivity contribution in [2.24, 2.45) is 5.92 Å². The predicted molar refractivity (Wildman–Crippen MR) is 120 cm³/mol. The fourth-order valence-corrected chi connectivity index (χ4v) is 5.17. The van der Waals surface area contributed by atoms with E-state index in [-0.39, 0.29) is 17.5 Å². The van der Waals surface area contributed by atoms with E-state index in [2.05, 4.69) is 15.6 Å². The first kappa shape index (κ1) is 22.4. The third-order valence-corrected chi connectivity index (χ3v) is 7.27. The van der Waals surface area contributed by atoms with Crippen LogP contribution in [0.15, 0.2) is 24.3 Å². The maximum Gasteiger partial charge on any atom is 0.321 e. The average Bonchev–Trinajstić information content (AvgIpc) is 3.43. The van der Waals surface area contributed by atoms with Crippen molar-refractivity contribution in [1.29, 1.82) is 0 Å². The van der Waals surface area contributed by atoms with Gasteiger partial charge in [-0.3, -0.25) is 14.9 Å². The molecule has 2 fully saturated rings. The zero-order chi connectivity index (χ0) is 22.9. The molecule has 1 aromatic carbocycles. The van der Waals surface area contributed by atoms with Crippen molar-refractivity contribution in [2.75, 3.05) is 18.4 Å². The van der Waals surface area contributed by atoms with Crippen molar-refractivity contribution in [1.82, 2.24) is 15.2 Å². The van der Waals surface area contributed by atoms with Gasteiger partial charge in [0.15, 0.2) is 10.9 Å². The second-order valence-electron chi connectivity index (χ2n) is 8.74. The number of piperidine rings is 1. The molecule has 9 heteroatoms. The van der Waals surface area contributed by atoms with E-state index in [9.17, 15) is 18.8 Å². The van der Waals surface area contributed by atoms with Crippen LogP contribution in [-0.4, -0.2) is 46.2 Å². The Kier molecular flexibility index (Phi) is 6.28. The summed E-state index contributed by atoms with van der Waals surface area (Å²) < 4.78 is 13.2. The first-order chi connectivity index (χ1) is 15.3. The molecule has 1 aliphatic heterocycles. The average molecular weight is 459 g/mol. The quantitative estimate of drug-likeness (QED) is 0.642. The number of thiazole rings is 1. The fraction of sp³-hybridized carbons (Fsp3) is 0.478. The Bertz CT molecular complexity index is 1030. The van der Waals surface area contributed by atoms with E-state index in [1.54, 1.807) is 19.1 Å². The van der Waals surface area contributed by atoms with Gasteiger partial charge >= 0.3 is 6.03 Å². The molecule has 1 aromatic heterocycles. The van der Waals surface area contributed by atoms with Crippen LogP contribution >= 0.6 is 11.3 Å². The van der Waals surface area contributed by atoms with E-state index in [0.29, 0.717) is 47.6 Å². The zero-order valence-electron chi connectivity index (χ0n) is 18.2. The first-order valence-corrected chi connectivity index (χ1v) is 11.7. The van der Waals surface area contributed by atoms with E-state index >= 15 is 0 Å². The SMILES string of the molecule is CC(=O)c1sc(NC(=O)NC2(C(=O)N3CCC[C@@H](Cc4ccc(F)cc4)C3)CC2)nc1C. The molecule has 2 heterocycles. The third kappa shape index (κ3) is 4.98. The number of hydrogen-bond donors (Lipinski definition) is 2. The molecule has 7 nitrogen and oxygen atoms in total. The fourth-order valence-electron chi connectivity index (χ4n) is 4.31. The molecule has 0 spiro atoms. The lowest BCUT2D eigenvalue weighted by Crippen LogP contribution is -2.54. The predicted octanol–water partition coefficient (Wildman–Crippen LogP) is 3.93. The van der Waals surface area contributed by atoms with Crippen LogP contribution in [0.3, 0.4) is 0 Å². The van der Waals surface area contributed by atoms with Crippen LogP contribution in [0.25, 0.3) is 0 Å². The highest BCUT2D eigenvalue weighted by molar-refractivity contribution is 7.17. The van der Waals surface area contributed by atoms with Gasteiger partial charge in [0, 0.05) is 20.0 Å². The number of Topliss-reactive ketones (excluding diaryl/α,β-unsaturated/α-hetero) is 1. The molecule has 0 radical (unpaired) electrons. The van der Waals surface area contributed by atoms with Gasteiger partial charge in [0.2, 0.25) is 5.91 Å². The monoisotopic (exact) mass is 458 g/mol. The molecule has 4 rings (SSSR count). The summed E-state index contributed by atoms with van der Waals surface area (Å²) in [5.74, 6) is -0.0791. The lowest BCUT2D eigenvalue weighted by molar-refractivity contribution is -0.136. The van der Waals surface area contributed by atoms with Crippen molar-refractivity contribution < 1.29 is 18.8 Å². The molecule has 2 aromatic rings. The van der Waals surface area contributed by atoms with Crippen molar-refractivity contribution in [3.05, 3.63) is 46.2 Å². The highest BCUT2D eigenvalue weighted by Crippen LogP contribution is 2.38. The number of hydrogen-bond acceptors (Lipinski definition) is 5. The van der Waals surface area contributed by atoms with Crippen molar-refractivity contribution in [3.8, 4) is 0 Å². The number of benzene rings is 1. The molecule has 1 saturated heterocycles. The molecule has 2 N–H and O–H groups in total. The number of carbonyl (C=O) groups excluding carboxylic acids is 3. The van der Waals surface area contributed by atoms with Gasteiger partial charge < -0.3 is 10.2 Å². The minimum Gasteiger partial charge on any atom is -0.340 e. The Hall–Kier alpha value is -2.81. The lowest BCUT2D eigenvalue weighted by atomic mass is 9.91. The number of ketones is 1.